The first-order chi connectivity index (χ1) is 11.2. The van der Waals surface area contributed by atoms with Crippen molar-refractivity contribution < 1.29 is 19.8 Å². The predicted molar refractivity (Wildman–Crippen MR) is 90.6 cm³/mol. The summed E-state index contributed by atoms with van der Waals surface area (Å²) in [5.74, 6) is -1.45. The van der Waals surface area contributed by atoms with Gasteiger partial charge in [-0.2, -0.15) is 0 Å². The van der Waals surface area contributed by atoms with Gasteiger partial charge in [0.05, 0.1) is 23.9 Å². The number of β-lactam (4-membered cyclic amide) rings is 1. The van der Waals surface area contributed by atoms with Gasteiger partial charge in [-0.05, 0) is 20.3 Å². The highest BCUT2D eigenvalue weighted by atomic mass is 32.2. The molecule has 3 aliphatic heterocycles. The number of carboxylic acid groups (broad SMARTS) is 1. The van der Waals surface area contributed by atoms with Gasteiger partial charge in [-0.1, -0.05) is 6.92 Å². The first-order valence-electron chi connectivity index (χ1n) is 8.19. The lowest BCUT2D eigenvalue weighted by molar-refractivity contribution is -0.163. The van der Waals surface area contributed by atoms with Gasteiger partial charge >= 0.3 is 5.97 Å². The Balaban J connectivity index is 1.83. The zero-order valence-electron chi connectivity index (χ0n) is 14.0. The Morgan fingerprint density at radius 2 is 2.12 bits per heavy atom. The van der Waals surface area contributed by atoms with Gasteiger partial charge in [-0.25, -0.2) is 4.79 Å². The van der Waals surface area contributed by atoms with Crippen molar-refractivity contribution in [3.8, 4) is 0 Å². The van der Waals surface area contributed by atoms with E-state index in [4.69, 9.17) is 5.41 Å². The minimum atomic E-state index is -1.08. The number of carbonyl (C=O) groups excluding carboxylic acids is 1. The van der Waals surface area contributed by atoms with Gasteiger partial charge in [0.25, 0.3) is 0 Å². The second kappa shape index (κ2) is 6.07. The number of aliphatic carboxylic acids is 1. The molecule has 24 heavy (non-hydrogen) atoms. The van der Waals surface area contributed by atoms with Crippen LogP contribution in [0.25, 0.3) is 0 Å². The molecule has 1 amide bonds. The third-order valence-electron chi connectivity index (χ3n) is 5.22. The average Bonchev–Trinajstić information content (AvgIpc) is 3.03. The number of fused-ring (bicyclic) bond motifs is 1. The van der Waals surface area contributed by atoms with Crippen molar-refractivity contribution in [1.29, 1.82) is 5.41 Å². The summed E-state index contributed by atoms with van der Waals surface area (Å²) in [6, 6.07) is -0.256. The largest absolute Gasteiger partial charge is 0.477 e. The van der Waals surface area contributed by atoms with Crippen molar-refractivity contribution in [3.63, 3.8) is 0 Å². The predicted octanol–water partition coefficient (Wildman–Crippen LogP) is 0.945. The van der Waals surface area contributed by atoms with Crippen LogP contribution in [-0.4, -0.2) is 68.2 Å². The number of rotatable bonds is 4. The maximum Gasteiger partial charge on any atom is 0.353 e. The number of aliphatic hydroxyl groups is 1. The molecule has 3 N–H and O–H groups in total. The van der Waals surface area contributed by atoms with Gasteiger partial charge < -0.3 is 20.0 Å². The highest BCUT2D eigenvalue weighted by Crippen LogP contribution is 2.51. The van der Waals surface area contributed by atoms with Crippen molar-refractivity contribution in [3.05, 3.63) is 10.6 Å². The Bertz CT molecular complexity index is 633. The van der Waals surface area contributed by atoms with E-state index in [1.165, 1.54) is 16.7 Å². The molecular weight excluding hydrogens is 330 g/mol. The summed E-state index contributed by atoms with van der Waals surface area (Å²) in [6.45, 7) is 6.80. The van der Waals surface area contributed by atoms with Gasteiger partial charge in [0.1, 0.15) is 5.70 Å². The standard InChI is InChI=1S/C16H23N3O4S/c1-7-12-11(8(2)20)15(21)19(12)13(16(22)23)14(7)24-10-4-5-18(6-10)9(3)17/h7-8,10-12,17,20H,4-6H2,1-3H3,(H,22,23)/t7?,8?,10-,11+,12-/m0/s1. The maximum atomic E-state index is 12.3. The third kappa shape index (κ3) is 2.52. The third-order valence-corrected chi connectivity index (χ3v) is 6.76. The fourth-order valence-corrected chi connectivity index (χ4v) is 5.48. The Labute approximate surface area is 145 Å². The molecule has 3 rings (SSSR count). The number of amides is 1. The number of hydrogen-bond donors (Lipinski definition) is 3. The summed E-state index contributed by atoms with van der Waals surface area (Å²) >= 11 is 1.53. The first-order valence-corrected chi connectivity index (χ1v) is 9.07. The van der Waals surface area contributed by atoms with Crippen LogP contribution in [0.15, 0.2) is 10.6 Å². The smallest absolute Gasteiger partial charge is 0.353 e. The topological polar surface area (TPSA) is 105 Å². The molecule has 0 aliphatic carbocycles. The molecule has 132 valence electrons. The number of nitrogens with zero attached hydrogens (tertiary/aromatic N) is 2. The molecule has 0 aromatic heterocycles. The summed E-state index contributed by atoms with van der Waals surface area (Å²) < 4.78 is 0. The number of carbonyl (C=O) groups is 2. The highest BCUT2D eigenvalue weighted by molar-refractivity contribution is 8.03. The van der Waals surface area contributed by atoms with E-state index < -0.39 is 18.0 Å². The molecule has 2 unspecified atom stereocenters. The number of thioether (sulfide) groups is 1. The summed E-state index contributed by atoms with van der Waals surface area (Å²) in [5, 5.41) is 27.4. The quantitative estimate of drug-likeness (QED) is 0.395. The van der Waals surface area contributed by atoms with E-state index >= 15 is 0 Å². The lowest BCUT2D eigenvalue weighted by atomic mass is 9.79. The molecule has 3 aliphatic rings. The van der Waals surface area contributed by atoms with Crippen LogP contribution in [-0.2, 0) is 9.59 Å². The highest BCUT2D eigenvalue weighted by Gasteiger charge is 2.60. The summed E-state index contributed by atoms with van der Waals surface area (Å²) in [7, 11) is 0. The second-order valence-electron chi connectivity index (χ2n) is 6.83. The van der Waals surface area contributed by atoms with Crippen molar-refractivity contribution in [1.82, 2.24) is 9.80 Å². The molecule has 0 spiro atoms. The number of aliphatic hydroxyl groups excluding tert-OH is 1. The van der Waals surface area contributed by atoms with E-state index in [-0.39, 0.29) is 28.8 Å². The van der Waals surface area contributed by atoms with Crippen LogP contribution in [0.1, 0.15) is 27.2 Å². The van der Waals surface area contributed by atoms with Crippen molar-refractivity contribution in [2.24, 2.45) is 11.8 Å². The van der Waals surface area contributed by atoms with Crippen LogP contribution < -0.4 is 0 Å². The van der Waals surface area contributed by atoms with Crippen LogP contribution in [0, 0.1) is 17.2 Å². The Hall–Kier alpha value is -1.54. The normalized spacial score (nSPS) is 33.6. The molecule has 0 aromatic carbocycles. The molecule has 2 saturated heterocycles. The van der Waals surface area contributed by atoms with E-state index in [1.807, 2.05) is 11.8 Å². The average molecular weight is 353 g/mol. The molecule has 3 heterocycles. The van der Waals surface area contributed by atoms with Gasteiger partial charge in [0.2, 0.25) is 5.91 Å². The van der Waals surface area contributed by atoms with Crippen LogP contribution in [0.5, 0.6) is 0 Å². The Morgan fingerprint density at radius 1 is 1.46 bits per heavy atom. The van der Waals surface area contributed by atoms with Crippen LogP contribution in [0.2, 0.25) is 0 Å². The fraction of sp³-hybridized carbons (Fsp3) is 0.688. The van der Waals surface area contributed by atoms with Crippen LogP contribution >= 0.6 is 11.8 Å². The molecule has 0 bridgehead atoms. The minimum Gasteiger partial charge on any atom is -0.477 e. The molecule has 0 radical (unpaired) electrons. The molecule has 5 atom stereocenters. The SMILES string of the molecule is CC(=N)N1CC[C@H](SC2=C(C(=O)O)N3C(=O)[C@H](C(C)O)[C@@H]3C2C)C1. The minimum absolute atomic E-state index is 0.0874. The van der Waals surface area contributed by atoms with E-state index in [0.717, 1.165) is 24.4 Å². The number of carboxylic acids is 1. The Kier molecular flexibility index (Phi) is 4.37. The van der Waals surface area contributed by atoms with Crippen LogP contribution in [0.4, 0.5) is 0 Å². The van der Waals surface area contributed by atoms with Gasteiger partial charge in [-0.3, -0.25) is 10.2 Å². The molecule has 8 heteroatoms. The van der Waals surface area contributed by atoms with Crippen molar-refractivity contribution >= 4 is 29.5 Å². The lowest BCUT2D eigenvalue weighted by Crippen LogP contribution is -2.63. The molecular formula is C16H23N3O4S. The first kappa shape index (κ1) is 17.3. The monoisotopic (exact) mass is 353 g/mol. The summed E-state index contributed by atoms with van der Waals surface area (Å²) in [6.07, 6.45) is 0.116. The molecule has 0 aromatic rings. The van der Waals surface area contributed by atoms with Crippen LogP contribution in [0.3, 0.4) is 0 Å². The molecule has 7 nitrogen and oxygen atoms in total. The number of amidine groups is 1. The van der Waals surface area contributed by atoms with Crippen molar-refractivity contribution in [2.45, 2.75) is 44.6 Å². The molecule has 0 saturated carbocycles. The number of nitrogens with one attached hydrogen (secondary N) is 1. The van der Waals surface area contributed by atoms with Gasteiger partial charge in [-0.15, -0.1) is 11.8 Å². The fourth-order valence-electron chi connectivity index (χ4n) is 3.99. The zero-order chi connectivity index (χ0) is 17.8. The van der Waals surface area contributed by atoms with E-state index in [1.54, 1.807) is 13.8 Å². The molecule has 2 fully saturated rings. The van der Waals surface area contributed by atoms with E-state index in [2.05, 4.69) is 0 Å². The summed E-state index contributed by atoms with van der Waals surface area (Å²) in [5.41, 5.74) is 0.0874. The maximum absolute atomic E-state index is 12.3. The van der Waals surface area contributed by atoms with Gasteiger partial charge in [0, 0.05) is 29.2 Å². The zero-order valence-corrected chi connectivity index (χ0v) is 14.8. The Morgan fingerprint density at radius 3 is 2.62 bits per heavy atom. The van der Waals surface area contributed by atoms with E-state index in [0.29, 0.717) is 5.84 Å². The number of hydrogen-bond acceptors (Lipinski definition) is 5. The lowest BCUT2D eigenvalue weighted by Gasteiger charge is -2.46. The van der Waals surface area contributed by atoms with E-state index in [9.17, 15) is 19.8 Å². The van der Waals surface area contributed by atoms with Gasteiger partial charge in [0.15, 0.2) is 0 Å². The summed E-state index contributed by atoms with van der Waals surface area (Å²) in [4.78, 5) is 28.1. The second-order valence-corrected chi connectivity index (χ2v) is 8.17. The number of likely N-dealkylation sites (tertiary alicyclic amines) is 1. The van der Waals surface area contributed by atoms with Crippen molar-refractivity contribution in [2.75, 3.05) is 13.1 Å².